The van der Waals surface area contributed by atoms with Crippen LogP contribution in [0.4, 0.5) is 0 Å². The zero-order chi connectivity index (χ0) is 12.8. The van der Waals surface area contributed by atoms with E-state index >= 15 is 0 Å². The van der Waals surface area contributed by atoms with E-state index in [1.54, 1.807) is 0 Å². The highest BCUT2D eigenvalue weighted by atomic mass is 16.5. The average molecular weight is 254 g/mol. The molecule has 0 aromatic rings. The highest BCUT2D eigenvalue weighted by Crippen LogP contribution is 2.16. The fourth-order valence-electron chi connectivity index (χ4n) is 2.88. The van der Waals surface area contributed by atoms with Gasteiger partial charge in [0.1, 0.15) is 0 Å². The zero-order valence-electron chi connectivity index (χ0n) is 12.2. The Morgan fingerprint density at radius 3 is 2.28 bits per heavy atom. The quantitative estimate of drug-likeness (QED) is 0.723. The molecule has 0 saturated carbocycles. The Morgan fingerprint density at radius 2 is 1.72 bits per heavy atom. The molecule has 0 spiro atoms. The van der Waals surface area contributed by atoms with Gasteiger partial charge in [0.05, 0.1) is 6.10 Å². The lowest BCUT2D eigenvalue weighted by Crippen LogP contribution is -2.47. The Morgan fingerprint density at radius 1 is 1.06 bits per heavy atom. The molecule has 2 rings (SSSR count). The molecule has 106 valence electrons. The van der Waals surface area contributed by atoms with Crippen molar-refractivity contribution in [2.75, 3.05) is 45.9 Å². The van der Waals surface area contributed by atoms with Gasteiger partial charge in [-0.2, -0.15) is 0 Å². The van der Waals surface area contributed by atoms with Crippen molar-refractivity contribution in [2.24, 2.45) is 5.92 Å². The van der Waals surface area contributed by atoms with Crippen LogP contribution in [0, 0.1) is 5.92 Å². The van der Waals surface area contributed by atoms with Crippen LogP contribution in [0.25, 0.3) is 0 Å². The molecular weight excluding hydrogens is 224 g/mol. The summed E-state index contributed by atoms with van der Waals surface area (Å²) in [4.78, 5) is 5.25. The molecule has 0 bridgehead atoms. The van der Waals surface area contributed by atoms with Crippen molar-refractivity contribution in [3.63, 3.8) is 0 Å². The maximum Gasteiger partial charge on any atom is 0.0588 e. The van der Waals surface area contributed by atoms with E-state index in [0.717, 1.165) is 12.5 Å². The molecule has 2 aliphatic heterocycles. The Balaban J connectivity index is 1.55. The van der Waals surface area contributed by atoms with Gasteiger partial charge in [0, 0.05) is 39.3 Å². The molecule has 0 aromatic heterocycles. The summed E-state index contributed by atoms with van der Waals surface area (Å²) in [6, 6.07) is 0. The van der Waals surface area contributed by atoms with Gasteiger partial charge < -0.3 is 14.5 Å². The third-order valence-electron chi connectivity index (χ3n) is 4.28. The van der Waals surface area contributed by atoms with Crippen LogP contribution in [0.15, 0.2) is 0 Å². The lowest BCUT2D eigenvalue weighted by atomic mass is 10.1. The predicted molar refractivity (Wildman–Crippen MR) is 75.9 cm³/mol. The molecule has 0 aromatic carbocycles. The maximum absolute atomic E-state index is 5.69. The van der Waals surface area contributed by atoms with Crippen LogP contribution in [0.2, 0.25) is 0 Å². The maximum atomic E-state index is 5.69. The summed E-state index contributed by atoms with van der Waals surface area (Å²) in [6.45, 7) is 13.2. The van der Waals surface area contributed by atoms with Gasteiger partial charge in [-0.15, -0.1) is 0 Å². The van der Waals surface area contributed by atoms with Gasteiger partial charge in [0.15, 0.2) is 0 Å². The minimum absolute atomic E-state index is 0.559. The first-order valence-electron chi connectivity index (χ1n) is 7.80. The highest BCUT2D eigenvalue weighted by Gasteiger charge is 2.20. The molecule has 3 heteroatoms. The van der Waals surface area contributed by atoms with Crippen molar-refractivity contribution in [1.29, 1.82) is 0 Å². The monoisotopic (exact) mass is 254 g/mol. The minimum Gasteiger partial charge on any atom is -0.378 e. The first-order chi connectivity index (χ1) is 8.74. The van der Waals surface area contributed by atoms with E-state index in [0.29, 0.717) is 6.10 Å². The summed E-state index contributed by atoms with van der Waals surface area (Å²) in [5, 5.41) is 0. The number of hydrogen-bond donors (Lipinski definition) is 0. The van der Waals surface area contributed by atoms with Gasteiger partial charge in [-0.25, -0.2) is 0 Å². The van der Waals surface area contributed by atoms with Crippen LogP contribution in [-0.2, 0) is 4.74 Å². The second-order valence-electron chi connectivity index (χ2n) is 6.29. The Bertz CT molecular complexity index is 219. The van der Waals surface area contributed by atoms with Crippen molar-refractivity contribution in [3.05, 3.63) is 0 Å². The molecule has 2 heterocycles. The number of nitrogens with zero attached hydrogens (tertiary/aromatic N) is 2. The molecule has 2 saturated heterocycles. The lowest BCUT2D eigenvalue weighted by Gasteiger charge is -2.35. The van der Waals surface area contributed by atoms with Crippen LogP contribution < -0.4 is 0 Å². The summed E-state index contributed by atoms with van der Waals surface area (Å²) in [7, 11) is 0. The van der Waals surface area contributed by atoms with Crippen molar-refractivity contribution < 1.29 is 4.74 Å². The molecule has 0 radical (unpaired) electrons. The third kappa shape index (κ3) is 4.87. The summed E-state index contributed by atoms with van der Waals surface area (Å²) in [6.07, 6.45) is 5.70. The lowest BCUT2D eigenvalue weighted by molar-refractivity contribution is 0.0767. The normalized spacial score (nSPS) is 27.2. The van der Waals surface area contributed by atoms with Gasteiger partial charge in [-0.3, -0.25) is 0 Å². The molecule has 1 unspecified atom stereocenters. The standard InChI is InChI=1S/C15H30N2O/c1-14(2)5-7-16-9-11-17(12-10-16)8-6-15-4-3-13-18-15/h14-15H,3-13H2,1-2H3. The van der Waals surface area contributed by atoms with Crippen molar-refractivity contribution in [2.45, 2.75) is 45.6 Å². The van der Waals surface area contributed by atoms with Gasteiger partial charge in [-0.1, -0.05) is 13.8 Å². The number of hydrogen-bond acceptors (Lipinski definition) is 3. The Kier molecular flexibility index (Phi) is 5.93. The van der Waals surface area contributed by atoms with Gasteiger partial charge in [0.2, 0.25) is 0 Å². The fraction of sp³-hybridized carbons (Fsp3) is 1.00. The third-order valence-corrected chi connectivity index (χ3v) is 4.28. The smallest absolute Gasteiger partial charge is 0.0588 e. The summed E-state index contributed by atoms with van der Waals surface area (Å²) >= 11 is 0. The van der Waals surface area contributed by atoms with Crippen LogP contribution in [0.5, 0.6) is 0 Å². The first kappa shape index (κ1) is 14.3. The van der Waals surface area contributed by atoms with Crippen LogP contribution in [0.3, 0.4) is 0 Å². The fourth-order valence-corrected chi connectivity index (χ4v) is 2.88. The van der Waals surface area contributed by atoms with Crippen LogP contribution in [-0.4, -0.2) is 61.8 Å². The predicted octanol–water partition coefficient (Wildman–Crippen LogP) is 2.22. The molecule has 0 aliphatic carbocycles. The van der Waals surface area contributed by atoms with E-state index in [4.69, 9.17) is 4.74 Å². The molecule has 2 aliphatic rings. The van der Waals surface area contributed by atoms with Crippen LogP contribution in [0.1, 0.15) is 39.5 Å². The number of rotatable bonds is 6. The molecule has 3 nitrogen and oxygen atoms in total. The van der Waals surface area contributed by atoms with Gasteiger partial charge >= 0.3 is 0 Å². The summed E-state index contributed by atoms with van der Waals surface area (Å²) < 4.78 is 5.69. The largest absolute Gasteiger partial charge is 0.378 e. The second-order valence-corrected chi connectivity index (χ2v) is 6.29. The Hall–Kier alpha value is -0.120. The SMILES string of the molecule is CC(C)CCN1CCN(CCC2CCCO2)CC1. The number of piperazine rings is 1. The molecule has 2 fully saturated rings. The Labute approximate surface area is 112 Å². The van der Waals surface area contributed by atoms with E-state index < -0.39 is 0 Å². The van der Waals surface area contributed by atoms with E-state index in [1.165, 1.54) is 65.0 Å². The summed E-state index contributed by atoms with van der Waals surface area (Å²) in [5.74, 6) is 0.836. The topological polar surface area (TPSA) is 15.7 Å². The molecule has 1 atom stereocenters. The van der Waals surface area contributed by atoms with E-state index in [2.05, 4.69) is 23.6 Å². The summed E-state index contributed by atoms with van der Waals surface area (Å²) in [5.41, 5.74) is 0. The van der Waals surface area contributed by atoms with Crippen molar-refractivity contribution in [3.8, 4) is 0 Å². The first-order valence-corrected chi connectivity index (χ1v) is 7.80. The van der Waals surface area contributed by atoms with Crippen molar-refractivity contribution in [1.82, 2.24) is 9.80 Å². The van der Waals surface area contributed by atoms with Crippen molar-refractivity contribution >= 4 is 0 Å². The number of ether oxygens (including phenoxy) is 1. The zero-order valence-corrected chi connectivity index (χ0v) is 12.2. The van der Waals surface area contributed by atoms with E-state index in [-0.39, 0.29) is 0 Å². The molecule has 18 heavy (non-hydrogen) atoms. The van der Waals surface area contributed by atoms with Crippen LogP contribution >= 0.6 is 0 Å². The van der Waals surface area contributed by atoms with E-state index in [1.807, 2.05) is 0 Å². The van der Waals surface area contributed by atoms with Gasteiger partial charge in [-0.05, 0) is 38.1 Å². The molecule has 0 amide bonds. The molecular formula is C15H30N2O. The second kappa shape index (κ2) is 7.46. The average Bonchev–Trinajstić information content (AvgIpc) is 2.88. The van der Waals surface area contributed by atoms with Gasteiger partial charge in [0.25, 0.3) is 0 Å². The molecule has 0 N–H and O–H groups in total. The minimum atomic E-state index is 0.559. The highest BCUT2D eigenvalue weighted by molar-refractivity contribution is 4.74. The van der Waals surface area contributed by atoms with E-state index in [9.17, 15) is 0 Å².